The number of benzene rings is 7. The van der Waals surface area contributed by atoms with Crippen molar-refractivity contribution in [1.82, 2.24) is 4.57 Å². The fourth-order valence-corrected chi connectivity index (χ4v) is 7.79. The van der Waals surface area contributed by atoms with Gasteiger partial charge >= 0.3 is 0 Å². The van der Waals surface area contributed by atoms with Crippen LogP contribution < -0.4 is 0 Å². The van der Waals surface area contributed by atoms with Gasteiger partial charge in [-0.3, -0.25) is 0 Å². The number of hydrogen-bond acceptors (Lipinski definition) is 1. The van der Waals surface area contributed by atoms with E-state index in [9.17, 15) is 0 Å². The van der Waals surface area contributed by atoms with Crippen molar-refractivity contribution in [2.75, 3.05) is 0 Å². The third-order valence-corrected chi connectivity index (χ3v) is 9.51. The highest BCUT2D eigenvalue weighted by Gasteiger charge is 2.20. The van der Waals surface area contributed by atoms with E-state index in [0.29, 0.717) is 0 Å². The maximum atomic E-state index is 2.40. The predicted molar refractivity (Wildman–Crippen MR) is 171 cm³/mol. The molecule has 1 aromatic heterocycles. The number of fused-ring (bicyclic) bond motifs is 7. The Morgan fingerprint density at radius 1 is 0.425 bits per heavy atom. The highest BCUT2D eigenvalue weighted by Crippen LogP contribution is 2.49. The zero-order valence-corrected chi connectivity index (χ0v) is 22.5. The second-order valence-corrected chi connectivity index (χ2v) is 11.6. The summed E-state index contributed by atoms with van der Waals surface area (Å²) in [7, 11) is 0. The lowest BCUT2D eigenvalue weighted by atomic mass is 9.92. The van der Waals surface area contributed by atoms with Crippen molar-refractivity contribution >= 4 is 55.1 Å². The van der Waals surface area contributed by atoms with E-state index >= 15 is 0 Å². The summed E-state index contributed by atoms with van der Waals surface area (Å²) in [6.45, 7) is 0. The van der Waals surface area contributed by atoms with E-state index in [-0.39, 0.29) is 0 Å². The van der Waals surface area contributed by atoms with Gasteiger partial charge in [0.25, 0.3) is 0 Å². The minimum Gasteiger partial charge on any atom is -0.309 e. The molecule has 0 N–H and O–H groups in total. The standard InChI is InChI=1S/C38H23NS/c1-2-11-26(12-3-1)39-33-17-5-4-13-31(33)38-29-16-8-14-27(28(29)20-21-34(38)39)25-19-22-35-32(23-25)30-15-6-9-24-10-7-18-36(40-35)37(24)30/h1-23H. The number of para-hydroxylation sites is 2. The molecule has 0 atom stereocenters. The molecule has 186 valence electrons. The van der Waals surface area contributed by atoms with Gasteiger partial charge in [0.2, 0.25) is 0 Å². The topological polar surface area (TPSA) is 4.93 Å². The van der Waals surface area contributed by atoms with Crippen molar-refractivity contribution in [3.8, 4) is 27.9 Å². The van der Waals surface area contributed by atoms with Crippen LogP contribution in [0, 0.1) is 0 Å². The van der Waals surface area contributed by atoms with Crippen LogP contribution in [-0.2, 0) is 0 Å². The molecule has 0 saturated heterocycles. The van der Waals surface area contributed by atoms with Crippen LogP contribution in [0.3, 0.4) is 0 Å². The van der Waals surface area contributed by atoms with Crippen LogP contribution in [0.2, 0.25) is 0 Å². The summed E-state index contributed by atoms with van der Waals surface area (Å²) in [5, 5.41) is 7.85. The molecule has 0 amide bonds. The van der Waals surface area contributed by atoms with Crippen LogP contribution in [0.1, 0.15) is 0 Å². The summed E-state index contributed by atoms with van der Waals surface area (Å²) in [6.07, 6.45) is 0. The average molecular weight is 526 g/mol. The first-order chi connectivity index (χ1) is 19.8. The Balaban J connectivity index is 1.31. The summed E-state index contributed by atoms with van der Waals surface area (Å²) in [6, 6.07) is 51.2. The van der Waals surface area contributed by atoms with Crippen LogP contribution in [-0.4, -0.2) is 4.57 Å². The largest absolute Gasteiger partial charge is 0.309 e. The number of nitrogens with zero attached hydrogens (tertiary/aromatic N) is 1. The molecule has 7 aromatic carbocycles. The average Bonchev–Trinajstić information content (AvgIpc) is 3.36. The molecule has 40 heavy (non-hydrogen) atoms. The fraction of sp³-hybridized carbons (Fsp3) is 0. The predicted octanol–water partition coefficient (Wildman–Crippen LogP) is 10.9. The Kier molecular flexibility index (Phi) is 4.61. The van der Waals surface area contributed by atoms with Crippen LogP contribution in [0.25, 0.3) is 71.3 Å². The van der Waals surface area contributed by atoms with E-state index in [1.165, 1.54) is 81.1 Å². The van der Waals surface area contributed by atoms with E-state index in [1.807, 2.05) is 11.8 Å². The molecule has 0 saturated carbocycles. The lowest BCUT2D eigenvalue weighted by molar-refractivity contribution is 1.18. The van der Waals surface area contributed by atoms with Crippen LogP contribution in [0.15, 0.2) is 149 Å². The van der Waals surface area contributed by atoms with E-state index in [1.54, 1.807) is 0 Å². The molecule has 9 rings (SSSR count). The lowest BCUT2D eigenvalue weighted by Crippen LogP contribution is -1.94. The Hall–Kier alpha value is -4.79. The van der Waals surface area contributed by atoms with Gasteiger partial charge in [0.1, 0.15) is 0 Å². The van der Waals surface area contributed by atoms with Crippen LogP contribution >= 0.6 is 11.8 Å². The summed E-state index contributed by atoms with van der Waals surface area (Å²) < 4.78 is 2.39. The van der Waals surface area contributed by atoms with Crippen molar-refractivity contribution in [2.24, 2.45) is 0 Å². The zero-order valence-electron chi connectivity index (χ0n) is 21.6. The first-order valence-corrected chi connectivity index (χ1v) is 14.5. The first-order valence-electron chi connectivity index (χ1n) is 13.7. The molecular formula is C38H23NS. The third-order valence-electron chi connectivity index (χ3n) is 8.38. The maximum absolute atomic E-state index is 2.40. The molecule has 2 heteroatoms. The first kappa shape index (κ1) is 22.1. The second kappa shape index (κ2) is 8.35. The van der Waals surface area contributed by atoms with Gasteiger partial charge in [-0.25, -0.2) is 0 Å². The minimum absolute atomic E-state index is 1.19. The molecule has 2 heterocycles. The van der Waals surface area contributed by atoms with Crippen molar-refractivity contribution in [1.29, 1.82) is 0 Å². The molecule has 0 unspecified atom stereocenters. The van der Waals surface area contributed by atoms with Gasteiger partial charge in [-0.15, -0.1) is 0 Å². The Morgan fingerprint density at radius 3 is 2.12 bits per heavy atom. The zero-order chi connectivity index (χ0) is 26.2. The fourth-order valence-electron chi connectivity index (χ4n) is 6.66. The van der Waals surface area contributed by atoms with Gasteiger partial charge in [-0.05, 0) is 80.9 Å². The molecule has 1 nitrogen and oxygen atoms in total. The Labute approximate surface area is 236 Å². The molecule has 8 aromatic rings. The Morgan fingerprint density at radius 2 is 1.20 bits per heavy atom. The molecule has 1 aliphatic rings. The number of hydrogen-bond donors (Lipinski definition) is 0. The number of aromatic nitrogens is 1. The molecule has 1 aliphatic heterocycles. The molecule has 0 spiro atoms. The third kappa shape index (κ3) is 3.05. The van der Waals surface area contributed by atoms with Crippen molar-refractivity contribution in [3.63, 3.8) is 0 Å². The minimum atomic E-state index is 1.19. The van der Waals surface area contributed by atoms with Gasteiger partial charge in [0.05, 0.1) is 11.0 Å². The van der Waals surface area contributed by atoms with Gasteiger partial charge < -0.3 is 4.57 Å². The summed E-state index contributed by atoms with van der Waals surface area (Å²) in [4.78, 5) is 2.67. The normalized spacial score (nSPS) is 12.4. The molecule has 0 aliphatic carbocycles. The second-order valence-electron chi connectivity index (χ2n) is 10.5. The van der Waals surface area contributed by atoms with E-state index < -0.39 is 0 Å². The van der Waals surface area contributed by atoms with Gasteiger partial charge in [0, 0.05) is 31.6 Å². The molecule has 0 bridgehead atoms. The lowest BCUT2D eigenvalue weighted by Gasteiger charge is -2.21. The monoisotopic (exact) mass is 525 g/mol. The van der Waals surface area contributed by atoms with Crippen LogP contribution in [0.4, 0.5) is 0 Å². The summed E-state index contributed by atoms with van der Waals surface area (Å²) in [5.74, 6) is 0. The van der Waals surface area contributed by atoms with Crippen molar-refractivity contribution < 1.29 is 0 Å². The SMILES string of the molecule is c1ccc(-n2c3ccccc3c3c4cccc(-c5ccc6c(c5)-c5cccc7cccc(c57)S6)c4ccc32)cc1. The van der Waals surface area contributed by atoms with E-state index in [4.69, 9.17) is 0 Å². The summed E-state index contributed by atoms with van der Waals surface area (Å²) in [5.41, 5.74) is 8.84. The van der Waals surface area contributed by atoms with E-state index in [0.717, 1.165) is 0 Å². The highest BCUT2D eigenvalue weighted by molar-refractivity contribution is 7.99. The van der Waals surface area contributed by atoms with Crippen molar-refractivity contribution in [2.45, 2.75) is 9.79 Å². The molecule has 0 radical (unpaired) electrons. The summed E-state index contributed by atoms with van der Waals surface area (Å²) >= 11 is 1.88. The number of rotatable bonds is 2. The van der Waals surface area contributed by atoms with Gasteiger partial charge in [0.15, 0.2) is 0 Å². The Bertz CT molecular complexity index is 2290. The van der Waals surface area contributed by atoms with Crippen LogP contribution in [0.5, 0.6) is 0 Å². The van der Waals surface area contributed by atoms with Gasteiger partial charge in [-0.1, -0.05) is 109 Å². The molecule has 0 fully saturated rings. The maximum Gasteiger partial charge on any atom is 0.0547 e. The van der Waals surface area contributed by atoms with Gasteiger partial charge in [-0.2, -0.15) is 0 Å². The van der Waals surface area contributed by atoms with Crippen molar-refractivity contribution in [3.05, 3.63) is 140 Å². The smallest absolute Gasteiger partial charge is 0.0547 e. The van der Waals surface area contributed by atoms with E-state index in [2.05, 4.69) is 144 Å². The quantitative estimate of drug-likeness (QED) is 0.217. The molecular weight excluding hydrogens is 502 g/mol. The highest BCUT2D eigenvalue weighted by atomic mass is 32.2.